The van der Waals surface area contributed by atoms with Crippen molar-refractivity contribution in [3.05, 3.63) is 64.4 Å². The van der Waals surface area contributed by atoms with Crippen LogP contribution in [0, 0.1) is 12.7 Å². The van der Waals surface area contributed by atoms with Crippen molar-refractivity contribution in [2.24, 2.45) is 0 Å². The lowest BCUT2D eigenvalue weighted by molar-refractivity contribution is -0.140. The molecular weight excluding hydrogens is 387 g/mol. The first kappa shape index (κ1) is 21.4. The second-order valence-electron chi connectivity index (χ2n) is 6.25. The van der Waals surface area contributed by atoms with Gasteiger partial charge in [0.25, 0.3) is 5.91 Å². The number of aryl methyl sites for hydroxylation is 1. The first-order chi connectivity index (χ1) is 13.2. The fraction of sp³-hybridized carbons (Fsp3) is 0.250. The quantitative estimate of drug-likeness (QED) is 0.746. The molecule has 2 aromatic rings. The van der Waals surface area contributed by atoms with Crippen molar-refractivity contribution < 1.29 is 23.5 Å². The molecule has 6 nitrogen and oxygen atoms in total. The smallest absolute Gasteiger partial charge is 0.343 e. The molecule has 2 rings (SSSR count). The number of hydrogen-bond acceptors (Lipinski definition) is 4. The van der Waals surface area contributed by atoms with Crippen LogP contribution in [0.3, 0.4) is 0 Å². The van der Waals surface area contributed by atoms with E-state index >= 15 is 0 Å². The summed E-state index contributed by atoms with van der Waals surface area (Å²) in [5.74, 6) is -2.92. The molecular formula is C20H20ClFN2O4. The van der Waals surface area contributed by atoms with Crippen LogP contribution >= 0.6 is 11.6 Å². The summed E-state index contributed by atoms with van der Waals surface area (Å²) in [6, 6.07) is 10.9. The third-order valence-electron chi connectivity index (χ3n) is 3.89. The Morgan fingerprint density at radius 1 is 1.18 bits per heavy atom. The lowest BCUT2D eigenvalue weighted by Gasteiger charge is -2.21. The Morgan fingerprint density at radius 2 is 1.82 bits per heavy atom. The van der Waals surface area contributed by atoms with E-state index in [0.717, 1.165) is 16.5 Å². The van der Waals surface area contributed by atoms with Gasteiger partial charge in [0.05, 0.1) is 11.6 Å². The van der Waals surface area contributed by atoms with Gasteiger partial charge in [-0.3, -0.25) is 9.59 Å². The Bertz CT molecular complexity index is 866. The van der Waals surface area contributed by atoms with Gasteiger partial charge in [0.2, 0.25) is 5.91 Å². The molecule has 0 radical (unpaired) electrons. The number of rotatable bonds is 6. The Kier molecular flexibility index (Phi) is 7.12. The maximum Gasteiger partial charge on any atom is 0.343 e. The molecule has 0 saturated heterocycles. The van der Waals surface area contributed by atoms with Crippen LogP contribution < -0.4 is 5.32 Å². The number of anilines is 1. The summed E-state index contributed by atoms with van der Waals surface area (Å²) in [5.41, 5.74) is 1.21. The summed E-state index contributed by atoms with van der Waals surface area (Å²) < 4.78 is 18.8. The molecule has 0 fully saturated rings. The SMILES string of the molecule is Cc1ccc(NC(=O)CN(C)C(=O)[C@@H](C)OC(=O)c2c(F)cccc2Cl)cc1. The van der Waals surface area contributed by atoms with E-state index in [0.29, 0.717) is 5.69 Å². The summed E-state index contributed by atoms with van der Waals surface area (Å²) in [6.07, 6.45) is -1.22. The molecule has 0 aliphatic heterocycles. The molecule has 148 valence electrons. The van der Waals surface area contributed by atoms with Crippen molar-refractivity contribution >= 4 is 35.1 Å². The number of nitrogens with one attached hydrogen (secondary N) is 1. The van der Waals surface area contributed by atoms with Gasteiger partial charge in [-0.15, -0.1) is 0 Å². The molecule has 0 aliphatic rings. The highest BCUT2D eigenvalue weighted by Crippen LogP contribution is 2.20. The number of benzene rings is 2. The van der Waals surface area contributed by atoms with Gasteiger partial charge < -0.3 is 15.0 Å². The van der Waals surface area contributed by atoms with E-state index in [1.54, 1.807) is 12.1 Å². The standard InChI is InChI=1S/C20H20ClFN2O4/c1-12-7-9-14(10-8-12)23-17(25)11-24(3)19(26)13(2)28-20(27)18-15(21)5-4-6-16(18)22/h4-10,13H,11H2,1-3H3,(H,23,25)/t13-/m1/s1. The van der Waals surface area contributed by atoms with Gasteiger partial charge in [-0.25, -0.2) is 9.18 Å². The van der Waals surface area contributed by atoms with Gasteiger partial charge >= 0.3 is 5.97 Å². The highest BCUT2D eigenvalue weighted by molar-refractivity contribution is 6.33. The van der Waals surface area contributed by atoms with E-state index in [4.69, 9.17) is 16.3 Å². The number of likely N-dealkylation sites (N-methyl/N-ethyl adjacent to an activating group) is 1. The van der Waals surface area contributed by atoms with Crippen LogP contribution in [0.5, 0.6) is 0 Å². The van der Waals surface area contributed by atoms with Crippen LogP contribution in [0.4, 0.5) is 10.1 Å². The van der Waals surface area contributed by atoms with Crippen molar-refractivity contribution in [2.45, 2.75) is 20.0 Å². The molecule has 2 amide bonds. The molecule has 0 bridgehead atoms. The number of hydrogen-bond donors (Lipinski definition) is 1. The number of esters is 1. The highest BCUT2D eigenvalue weighted by atomic mass is 35.5. The highest BCUT2D eigenvalue weighted by Gasteiger charge is 2.26. The Morgan fingerprint density at radius 3 is 2.43 bits per heavy atom. The van der Waals surface area contributed by atoms with Crippen LogP contribution in [0.15, 0.2) is 42.5 Å². The zero-order chi connectivity index (χ0) is 20.8. The molecule has 0 unspecified atom stereocenters. The van der Waals surface area contributed by atoms with Crippen molar-refractivity contribution in [2.75, 3.05) is 18.9 Å². The van der Waals surface area contributed by atoms with E-state index in [-0.39, 0.29) is 11.6 Å². The maximum atomic E-state index is 13.8. The Labute approximate surface area is 167 Å². The normalized spacial score (nSPS) is 11.5. The fourth-order valence-electron chi connectivity index (χ4n) is 2.40. The van der Waals surface area contributed by atoms with Crippen LogP contribution in [-0.4, -0.2) is 42.4 Å². The topological polar surface area (TPSA) is 75.7 Å². The minimum atomic E-state index is -1.22. The van der Waals surface area contributed by atoms with Crippen LogP contribution in [0.1, 0.15) is 22.8 Å². The van der Waals surface area contributed by atoms with Crippen molar-refractivity contribution in [1.29, 1.82) is 0 Å². The van der Waals surface area contributed by atoms with Gasteiger partial charge in [-0.1, -0.05) is 35.4 Å². The minimum Gasteiger partial charge on any atom is -0.449 e. The molecule has 0 aromatic heterocycles. The van der Waals surface area contributed by atoms with Crippen LogP contribution in [-0.2, 0) is 14.3 Å². The Hall–Kier alpha value is -2.93. The predicted molar refractivity (Wildman–Crippen MR) is 104 cm³/mol. The third kappa shape index (κ3) is 5.53. The number of halogens is 2. The molecule has 0 aliphatic carbocycles. The average Bonchev–Trinajstić information content (AvgIpc) is 2.62. The molecule has 8 heteroatoms. The summed E-state index contributed by atoms with van der Waals surface area (Å²) >= 11 is 5.82. The van der Waals surface area contributed by atoms with Gasteiger partial charge in [0.1, 0.15) is 11.4 Å². The molecule has 0 heterocycles. The zero-order valence-electron chi connectivity index (χ0n) is 15.7. The van der Waals surface area contributed by atoms with E-state index in [1.807, 2.05) is 19.1 Å². The fourth-order valence-corrected chi connectivity index (χ4v) is 2.64. The number of carbonyl (C=O) groups is 3. The summed E-state index contributed by atoms with van der Waals surface area (Å²) in [4.78, 5) is 37.7. The molecule has 2 aromatic carbocycles. The van der Waals surface area contributed by atoms with Crippen LogP contribution in [0.2, 0.25) is 5.02 Å². The number of carbonyl (C=O) groups excluding carboxylic acids is 3. The molecule has 0 spiro atoms. The second kappa shape index (κ2) is 9.32. The first-order valence-electron chi connectivity index (χ1n) is 8.45. The lowest BCUT2D eigenvalue weighted by atomic mass is 10.2. The van der Waals surface area contributed by atoms with E-state index < -0.39 is 35.3 Å². The predicted octanol–water partition coefficient (Wildman–Crippen LogP) is 3.43. The summed E-state index contributed by atoms with van der Waals surface area (Å²) in [6.45, 7) is 3.02. The van der Waals surface area contributed by atoms with Crippen LogP contribution in [0.25, 0.3) is 0 Å². The number of nitrogens with zero attached hydrogens (tertiary/aromatic N) is 1. The molecule has 28 heavy (non-hydrogen) atoms. The summed E-state index contributed by atoms with van der Waals surface area (Å²) in [5, 5.41) is 2.55. The molecule has 1 atom stereocenters. The largest absolute Gasteiger partial charge is 0.449 e. The van der Waals surface area contributed by atoms with Crippen molar-refractivity contribution in [3.63, 3.8) is 0 Å². The second-order valence-corrected chi connectivity index (χ2v) is 6.66. The molecule has 1 N–H and O–H groups in total. The maximum absolute atomic E-state index is 13.8. The third-order valence-corrected chi connectivity index (χ3v) is 4.21. The van der Waals surface area contributed by atoms with Crippen molar-refractivity contribution in [3.8, 4) is 0 Å². The Balaban J connectivity index is 1.93. The first-order valence-corrected chi connectivity index (χ1v) is 8.83. The monoisotopic (exact) mass is 406 g/mol. The van der Waals surface area contributed by atoms with Gasteiger partial charge in [0.15, 0.2) is 6.10 Å². The van der Waals surface area contributed by atoms with E-state index in [9.17, 15) is 18.8 Å². The molecule has 0 saturated carbocycles. The van der Waals surface area contributed by atoms with Crippen molar-refractivity contribution in [1.82, 2.24) is 4.90 Å². The number of amides is 2. The zero-order valence-corrected chi connectivity index (χ0v) is 16.4. The lowest BCUT2D eigenvalue weighted by Crippen LogP contribution is -2.41. The van der Waals surface area contributed by atoms with Gasteiger partial charge in [-0.2, -0.15) is 0 Å². The average molecular weight is 407 g/mol. The van der Waals surface area contributed by atoms with Gasteiger partial charge in [0, 0.05) is 12.7 Å². The van der Waals surface area contributed by atoms with E-state index in [2.05, 4.69) is 5.32 Å². The van der Waals surface area contributed by atoms with Gasteiger partial charge in [-0.05, 0) is 38.1 Å². The number of ether oxygens (including phenoxy) is 1. The van der Waals surface area contributed by atoms with E-state index in [1.165, 1.54) is 26.1 Å². The minimum absolute atomic E-state index is 0.115. The summed E-state index contributed by atoms with van der Waals surface area (Å²) in [7, 11) is 1.40.